The normalized spacial score (nSPS) is 11.5. The van der Waals surface area contributed by atoms with Crippen molar-refractivity contribution in [3.8, 4) is 55.6 Å². The molecule has 13 aromatic carbocycles. The molecular formula is C68H45N. The minimum Gasteiger partial charge on any atom is -0.310 e. The van der Waals surface area contributed by atoms with Gasteiger partial charge in [0.1, 0.15) is 0 Å². The second kappa shape index (κ2) is 17.0. The first-order chi connectivity index (χ1) is 34.2. The number of rotatable bonds is 8. The van der Waals surface area contributed by atoms with Crippen molar-refractivity contribution < 1.29 is 0 Å². The second-order valence-corrected chi connectivity index (χ2v) is 18.0. The highest BCUT2D eigenvalue weighted by molar-refractivity contribution is 6.22. The molecule has 0 unspecified atom stereocenters. The molecule has 13 aromatic rings. The summed E-state index contributed by atoms with van der Waals surface area (Å²) in [6, 6.07) is 100. The lowest BCUT2D eigenvalue weighted by Crippen LogP contribution is -2.11. The first kappa shape index (κ1) is 40.3. The summed E-state index contributed by atoms with van der Waals surface area (Å²) < 4.78 is 0. The lowest BCUT2D eigenvalue weighted by molar-refractivity contribution is 1.29. The van der Waals surface area contributed by atoms with E-state index < -0.39 is 0 Å². The molecule has 0 saturated heterocycles. The third-order valence-electron chi connectivity index (χ3n) is 14.0. The monoisotopic (exact) mass is 875 g/mol. The minimum absolute atomic E-state index is 1.09. The van der Waals surface area contributed by atoms with E-state index in [2.05, 4.69) is 278 Å². The molecule has 1 heteroatoms. The van der Waals surface area contributed by atoms with Crippen molar-refractivity contribution in [2.75, 3.05) is 4.90 Å². The van der Waals surface area contributed by atoms with Crippen molar-refractivity contribution >= 4 is 70.9 Å². The van der Waals surface area contributed by atoms with Crippen molar-refractivity contribution in [3.05, 3.63) is 273 Å². The minimum atomic E-state index is 1.09. The van der Waals surface area contributed by atoms with Gasteiger partial charge in [-0.3, -0.25) is 0 Å². The molecule has 0 aliphatic carbocycles. The van der Waals surface area contributed by atoms with Gasteiger partial charge in [0, 0.05) is 16.9 Å². The van der Waals surface area contributed by atoms with Crippen molar-refractivity contribution in [2.24, 2.45) is 0 Å². The Balaban J connectivity index is 0.976. The summed E-state index contributed by atoms with van der Waals surface area (Å²) in [6.07, 6.45) is 0. The summed E-state index contributed by atoms with van der Waals surface area (Å²) in [4.78, 5) is 2.44. The fourth-order valence-corrected chi connectivity index (χ4v) is 10.8. The van der Waals surface area contributed by atoms with Crippen LogP contribution in [0.15, 0.2) is 273 Å². The summed E-state index contributed by atoms with van der Waals surface area (Å²) in [6.45, 7) is 0. The van der Waals surface area contributed by atoms with Crippen LogP contribution in [-0.4, -0.2) is 0 Å². The molecule has 0 radical (unpaired) electrons. The Morgan fingerprint density at radius 3 is 1.41 bits per heavy atom. The van der Waals surface area contributed by atoms with Gasteiger partial charge in [-0.15, -0.1) is 0 Å². The number of fused-ring (bicyclic) bond motifs is 7. The highest BCUT2D eigenvalue weighted by Crippen LogP contribution is 2.48. The number of hydrogen-bond donors (Lipinski definition) is 0. The van der Waals surface area contributed by atoms with Crippen LogP contribution in [0.1, 0.15) is 0 Å². The van der Waals surface area contributed by atoms with E-state index in [9.17, 15) is 0 Å². The third kappa shape index (κ3) is 7.12. The van der Waals surface area contributed by atoms with Crippen molar-refractivity contribution in [2.45, 2.75) is 0 Å². The quantitative estimate of drug-likeness (QED) is 0.138. The van der Waals surface area contributed by atoms with E-state index in [1.54, 1.807) is 0 Å². The summed E-state index contributed by atoms with van der Waals surface area (Å²) >= 11 is 0. The van der Waals surface area contributed by atoms with Gasteiger partial charge in [0.2, 0.25) is 0 Å². The maximum Gasteiger partial charge on any atom is 0.0540 e. The van der Waals surface area contributed by atoms with Crippen LogP contribution in [0.3, 0.4) is 0 Å². The third-order valence-corrected chi connectivity index (χ3v) is 14.0. The molecule has 0 spiro atoms. The maximum atomic E-state index is 2.44. The first-order valence-electron chi connectivity index (χ1n) is 23.8. The Bertz CT molecular complexity index is 4040. The van der Waals surface area contributed by atoms with Crippen LogP contribution in [-0.2, 0) is 0 Å². The lowest BCUT2D eigenvalue weighted by atomic mass is 9.84. The molecule has 322 valence electrons. The highest BCUT2D eigenvalue weighted by atomic mass is 15.1. The average molecular weight is 876 g/mol. The predicted octanol–water partition coefficient (Wildman–Crippen LogP) is 19.3. The van der Waals surface area contributed by atoms with E-state index in [0.29, 0.717) is 0 Å². The van der Waals surface area contributed by atoms with E-state index in [-0.39, 0.29) is 0 Å². The zero-order chi connectivity index (χ0) is 45.7. The topological polar surface area (TPSA) is 3.24 Å². The van der Waals surface area contributed by atoms with Crippen LogP contribution in [0.4, 0.5) is 17.1 Å². The number of nitrogens with zero attached hydrogens (tertiary/aromatic N) is 1. The molecule has 13 rings (SSSR count). The van der Waals surface area contributed by atoms with E-state index in [4.69, 9.17) is 0 Å². The molecule has 0 N–H and O–H groups in total. The Hall–Kier alpha value is -9.04. The van der Waals surface area contributed by atoms with Gasteiger partial charge in [0.25, 0.3) is 0 Å². The molecular weight excluding hydrogens is 831 g/mol. The van der Waals surface area contributed by atoms with Gasteiger partial charge in [-0.2, -0.15) is 0 Å². The maximum absolute atomic E-state index is 2.44. The fourth-order valence-electron chi connectivity index (χ4n) is 10.8. The van der Waals surface area contributed by atoms with Gasteiger partial charge in [-0.1, -0.05) is 237 Å². The summed E-state index contributed by atoms with van der Waals surface area (Å²) in [5, 5.41) is 12.4. The van der Waals surface area contributed by atoms with E-state index in [0.717, 1.165) is 28.2 Å². The Morgan fingerprint density at radius 2 is 0.667 bits per heavy atom. The van der Waals surface area contributed by atoms with Crippen LogP contribution in [0, 0.1) is 0 Å². The number of anilines is 3. The molecule has 0 amide bonds. The molecule has 0 aliphatic rings. The molecule has 0 aromatic heterocycles. The van der Waals surface area contributed by atoms with Crippen LogP contribution < -0.4 is 4.90 Å². The molecule has 69 heavy (non-hydrogen) atoms. The van der Waals surface area contributed by atoms with Crippen molar-refractivity contribution in [1.29, 1.82) is 0 Å². The molecule has 1 nitrogen and oxygen atoms in total. The predicted molar refractivity (Wildman–Crippen MR) is 296 cm³/mol. The number of hydrogen-bond acceptors (Lipinski definition) is 1. The summed E-state index contributed by atoms with van der Waals surface area (Å²) in [5.41, 5.74) is 15.3. The molecule has 0 fully saturated rings. The molecule has 0 saturated carbocycles. The standard InChI is InChI=1S/C68H45N/c1-3-18-51(19-4-1)67-64-27-12-11-26-62(64)63-42-38-54(45-65(63)68(67)52-20-5-2-6-21-52)61-25-13-14-29-66(61)69(56-41-43-60-53(44-56)35-34-49-17-8-10-24-58(49)60)55-39-36-47(37-40-55)46-30-32-50(33-31-46)59-28-15-22-48-16-7-9-23-57(48)59/h1-45H. The van der Waals surface area contributed by atoms with Gasteiger partial charge >= 0.3 is 0 Å². The SMILES string of the molecule is c1ccc(-c2c(-c3ccccc3)c3cc(-c4ccccc4N(c4ccc(-c5ccc(-c6cccc7ccccc67)cc5)cc4)c4ccc5c(ccc6ccccc65)c4)ccc3c3ccccc23)cc1. The first-order valence-corrected chi connectivity index (χ1v) is 23.8. The highest BCUT2D eigenvalue weighted by Gasteiger charge is 2.22. The van der Waals surface area contributed by atoms with E-state index in [1.807, 2.05) is 0 Å². The molecule has 0 atom stereocenters. The van der Waals surface area contributed by atoms with Gasteiger partial charge in [0.05, 0.1) is 5.69 Å². The summed E-state index contributed by atoms with van der Waals surface area (Å²) in [7, 11) is 0. The van der Waals surface area contributed by atoms with E-state index in [1.165, 1.54) is 98.4 Å². The largest absolute Gasteiger partial charge is 0.310 e. The lowest BCUT2D eigenvalue weighted by Gasteiger charge is -2.28. The molecule has 0 heterocycles. The average Bonchev–Trinajstić information content (AvgIpc) is 3.43. The van der Waals surface area contributed by atoms with Crippen molar-refractivity contribution in [1.82, 2.24) is 0 Å². The Morgan fingerprint density at radius 1 is 0.203 bits per heavy atom. The van der Waals surface area contributed by atoms with E-state index >= 15 is 0 Å². The zero-order valence-electron chi connectivity index (χ0n) is 37.9. The Labute approximate surface area is 402 Å². The van der Waals surface area contributed by atoms with Crippen LogP contribution in [0.25, 0.3) is 109 Å². The second-order valence-electron chi connectivity index (χ2n) is 18.0. The zero-order valence-corrected chi connectivity index (χ0v) is 37.9. The van der Waals surface area contributed by atoms with Gasteiger partial charge < -0.3 is 4.90 Å². The molecule has 0 bridgehead atoms. The number of para-hydroxylation sites is 1. The fraction of sp³-hybridized carbons (Fsp3) is 0. The molecule has 0 aliphatic heterocycles. The van der Waals surface area contributed by atoms with Crippen LogP contribution >= 0.6 is 0 Å². The number of benzene rings is 13. The van der Waals surface area contributed by atoms with Crippen LogP contribution in [0.2, 0.25) is 0 Å². The van der Waals surface area contributed by atoms with Gasteiger partial charge in [-0.05, 0) is 140 Å². The van der Waals surface area contributed by atoms with Gasteiger partial charge in [-0.25, -0.2) is 0 Å². The summed E-state index contributed by atoms with van der Waals surface area (Å²) in [5.74, 6) is 0. The van der Waals surface area contributed by atoms with Gasteiger partial charge in [0.15, 0.2) is 0 Å². The smallest absolute Gasteiger partial charge is 0.0540 e. The van der Waals surface area contributed by atoms with Crippen LogP contribution in [0.5, 0.6) is 0 Å². The Kier molecular flexibility index (Phi) is 9.91. The van der Waals surface area contributed by atoms with Crippen molar-refractivity contribution in [3.63, 3.8) is 0 Å².